The van der Waals surface area contributed by atoms with Crippen molar-refractivity contribution >= 4 is 38.2 Å². The number of nitrogens with one attached hydrogen (secondary N) is 1. The first-order valence-corrected chi connectivity index (χ1v) is 10.3. The number of hydrogen-bond donors (Lipinski definition) is 2. The minimum absolute atomic E-state index is 0.126. The van der Waals surface area contributed by atoms with Gasteiger partial charge in [0, 0.05) is 19.2 Å². The summed E-state index contributed by atoms with van der Waals surface area (Å²) in [7, 11) is -2.04. The third-order valence-corrected chi connectivity index (χ3v) is 6.51. The van der Waals surface area contributed by atoms with Crippen molar-refractivity contribution in [2.45, 2.75) is 24.7 Å². The highest BCUT2D eigenvalue weighted by Gasteiger charge is 2.21. The predicted molar refractivity (Wildman–Crippen MR) is 102 cm³/mol. The third-order valence-electron chi connectivity index (χ3n) is 3.81. The summed E-state index contributed by atoms with van der Waals surface area (Å²) >= 11 is 1.18. The number of nitrogens with zero attached hydrogens (tertiary/aromatic N) is 1. The van der Waals surface area contributed by atoms with Gasteiger partial charge in [-0.25, -0.2) is 12.7 Å². The fourth-order valence-corrected chi connectivity index (χ4v) is 4.23. The Hall–Kier alpha value is -2.23. The molecule has 2 aromatic rings. The third kappa shape index (κ3) is 4.48. The first-order valence-electron chi connectivity index (χ1n) is 8.02. The molecule has 2 rings (SSSR count). The number of sulfonamides is 1. The maximum absolute atomic E-state index is 12.5. The summed E-state index contributed by atoms with van der Waals surface area (Å²) in [5.41, 5.74) is 5.77. The lowest BCUT2D eigenvalue weighted by Gasteiger charge is -2.16. The molecule has 1 aromatic heterocycles. The van der Waals surface area contributed by atoms with Gasteiger partial charge in [-0.05, 0) is 42.1 Å². The smallest absolute Gasteiger partial charge is 0.256 e. The standard InChI is InChI=1S/C17H21N3O4S2/c1-3-4-10-20(2)26(23,24)13-7-5-12(6-8-13)16(22)19-17-14(15(18)21)9-11-25-17/h5-9,11H,3-4,10H2,1-2H3,(H2,18,21)(H,19,22). The van der Waals surface area contributed by atoms with Gasteiger partial charge in [0.25, 0.3) is 11.8 Å². The fraction of sp³-hybridized carbons (Fsp3) is 0.294. The second-order valence-electron chi connectivity index (χ2n) is 5.69. The van der Waals surface area contributed by atoms with Crippen LogP contribution in [0.1, 0.15) is 40.5 Å². The average molecular weight is 396 g/mol. The zero-order valence-corrected chi connectivity index (χ0v) is 16.2. The molecule has 140 valence electrons. The van der Waals surface area contributed by atoms with Gasteiger partial charge in [-0.2, -0.15) is 0 Å². The molecule has 0 atom stereocenters. The van der Waals surface area contributed by atoms with Crippen molar-refractivity contribution in [1.82, 2.24) is 4.31 Å². The molecule has 1 heterocycles. The number of carbonyl (C=O) groups excluding carboxylic acids is 2. The van der Waals surface area contributed by atoms with E-state index >= 15 is 0 Å². The molecule has 0 aliphatic carbocycles. The van der Waals surface area contributed by atoms with Crippen LogP contribution >= 0.6 is 11.3 Å². The van der Waals surface area contributed by atoms with Crippen LogP contribution in [-0.2, 0) is 10.0 Å². The molecule has 0 saturated carbocycles. The molecule has 2 amide bonds. The van der Waals surface area contributed by atoms with Crippen LogP contribution in [0.3, 0.4) is 0 Å². The van der Waals surface area contributed by atoms with Crippen molar-refractivity contribution in [2.75, 3.05) is 18.9 Å². The Morgan fingerprint density at radius 2 is 1.85 bits per heavy atom. The summed E-state index contributed by atoms with van der Waals surface area (Å²) in [6.45, 7) is 2.43. The Balaban J connectivity index is 2.15. The van der Waals surface area contributed by atoms with E-state index < -0.39 is 21.8 Å². The van der Waals surface area contributed by atoms with Crippen LogP contribution in [0.25, 0.3) is 0 Å². The number of nitrogens with two attached hydrogens (primary N) is 1. The molecule has 0 saturated heterocycles. The number of primary amides is 1. The summed E-state index contributed by atoms with van der Waals surface area (Å²) in [4.78, 5) is 23.7. The van der Waals surface area contributed by atoms with Crippen molar-refractivity contribution in [3.63, 3.8) is 0 Å². The van der Waals surface area contributed by atoms with Crippen LogP contribution in [-0.4, -0.2) is 38.1 Å². The van der Waals surface area contributed by atoms with Gasteiger partial charge in [-0.3, -0.25) is 9.59 Å². The molecule has 9 heteroatoms. The van der Waals surface area contributed by atoms with E-state index in [2.05, 4.69) is 5.32 Å². The van der Waals surface area contributed by atoms with Crippen LogP contribution in [0, 0.1) is 0 Å². The van der Waals surface area contributed by atoms with Crippen molar-refractivity contribution in [2.24, 2.45) is 5.73 Å². The van der Waals surface area contributed by atoms with E-state index in [9.17, 15) is 18.0 Å². The molecule has 0 bridgehead atoms. The molecule has 0 radical (unpaired) electrons. The van der Waals surface area contributed by atoms with E-state index in [1.807, 2.05) is 6.92 Å². The number of rotatable bonds is 8. The molecule has 7 nitrogen and oxygen atoms in total. The topological polar surface area (TPSA) is 110 Å². The monoisotopic (exact) mass is 395 g/mol. The molecule has 0 fully saturated rings. The van der Waals surface area contributed by atoms with Crippen LogP contribution < -0.4 is 11.1 Å². The minimum Gasteiger partial charge on any atom is -0.366 e. The lowest BCUT2D eigenvalue weighted by molar-refractivity contribution is 0.100. The van der Waals surface area contributed by atoms with Crippen LogP contribution in [0.2, 0.25) is 0 Å². The van der Waals surface area contributed by atoms with Gasteiger partial charge in [0.1, 0.15) is 5.00 Å². The Morgan fingerprint density at radius 3 is 2.42 bits per heavy atom. The minimum atomic E-state index is -3.58. The zero-order valence-electron chi connectivity index (χ0n) is 14.6. The van der Waals surface area contributed by atoms with Crippen molar-refractivity contribution < 1.29 is 18.0 Å². The number of amides is 2. The summed E-state index contributed by atoms with van der Waals surface area (Å²) < 4.78 is 26.2. The van der Waals surface area contributed by atoms with E-state index in [-0.39, 0.29) is 16.0 Å². The average Bonchev–Trinajstić information content (AvgIpc) is 3.08. The molecule has 0 spiro atoms. The number of thiophene rings is 1. The van der Waals surface area contributed by atoms with Gasteiger partial charge in [-0.15, -0.1) is 11.3 Å². The molecule has 1 aromatic carbocycles. The SMILES string of the molecule is CCCCN(C)S(=O)(=O)c1ccc(C(=O)Nc2sccc2C(N)=O)cc1. The molecule has 26 heavy (non-hydrogen) atoms. The Labute approximate surface area is 156 Å². The van der Waals surface area contributed by atoms with Crippen LogP contribution in [0.5, 0.6) is 0 Å². The van der Waals surface area contributed by atoms with Gasteiger partial charge < -0.3 is 11.1 Å². The number of carbonyl (C=O) groups is 2. The van der Waals surface area contributed by atoms with E-state index in [0.717, 1.165) is 12.8 Å². The maximum Gasteiger partial charge on any atom is 0.256 e. The first-order chi connectivity index (χ1) is 12.3. The Morgan fingerprint density at radius 1 is 1.19 bits per heavy atom. The van der Waals surface area contributed by atoms with Gasteiger partial charge in [0.15, 0.2) is 0 Å². The normalized spacial score (nSPS) is 11.5. The molecule has 0 unspecified atom stereocenters. The zero-order chi connectivity index (χ0) is 19.3. The van der Waals surface area contributed by atoms with Crippen LogP contribution in [0.15, 0.2) is 40.6 Å². The highest BCUT2D eigenvalue weighted by Crippen LogP contribution is 2.24. The van der Waals surface area contributed by atoms with E-state index in [4.69, 9.17) is 5.73 Å². The lowest BCUT2D eigenvalue weighted by atomic mass is 10.2. The first kappa shape index (κ1) is 20.1. The largest absolute Gasteiger partial charge is 0.366 e. The molecule has 0 aliphatic heterocycles. The van der Waals surface area contributed by atoms with E-state index in [1.165, 1.54) is 53.0 Å². The van der Waals surface area contributed by atoms with Gasteiger partial charge >= 0.3 is 0 Å². The quantitative estimate of drug-likeness (QED) is 0.715. The summed E-state index contributed by atoms with van der Waals surface area (Å²) in [5.74, 6) is -1.07. The summed E-state index contributed by atoms with van der Waals surface area (Å²) in [6.07, 6.45) is 1.67. The second-order valence-corrected chi connectivity index (χ2v) is 8.65. The summed E-state index contributed by atoms with van der Waals surface area (Å²) in [6, 6.07) is 7.21. The second kappa shape index (κ2) is 8.43. The predicted octanol–water partition coefficient (Wildman–Crippen LogP) is 2.52. The highest BCUT2D eigenvalue weighted by atomic mass is 32.2. The van der Waals surface area contributed by atoms with E-state index in [1.54, 1.807) is 5.38 Å². The Bertz CT molecular complexity index is 889. The Kier molecular flexibility index (Phi) is 6.52. The number of unbranched alkanes of at least 4 members (excludes halogenated alkanes) is 1. The van der Waals surface area contributed by atoms with Crippen molar-refractivity contribution in [1.29, 1.82) is 0 Å². The van der Waals surface area contributed by atoms with Crippen molar-refractivity contribution in [3.8, 4) is 0 Å². The van der Waals surface area contributed by atoms with Gasteiger partial charge in [0.2, 0.25) is 10.0 Å². The molecular formula is C17H21N3O4S2. The number of benzene rings is 1. The van der Waals surface area contributed by atoms with Gasteiger partial charge in [0.05, 0.1) is 10.5 Å². The lowest BCUT2D eigenvalue weighted by Crippen LogP contribution is -2.28. The summed E-state index contributed by atoms with van der Waals surface area (Å²) in [5, 5.41) is 4.63. The molecule has 0 aliphatic rings. The van der Waals surface area contributed by atoms with Gasteiger partial charge in [-0.1, -0.05) is 13.3 Å². The van der Waals surface area contributed by atoms with E-state index in [0.29, 0.717) is 11.5 Å². The number of anilines is 1. The van der Waals surface area contributed by atoms with Crippen molar-refractivity contribution in [3.05, 3.63) is 46.8 Å². The number of hydrogen-bond acceptors (Lipinski definition) is 5. The fourth-order valence-electron chi connectivity index (χ4n) is 2.23. The molecular weight excluding hydrogens is 374 g/mol. The maximum atomic E-state index is 12.5. The highest BCUT2D eigenvalue weighted by molar-refractivity contribution is 7.89. The molecule has 3 N–H and O–H groups in total. The van der Waals surface area contributed by atoms with Crippen LogP contribution in [0.4, 0.5) is 5.00 Å².